The number of rotatable bonds is 4. The topological polar surface area (TPSA) is 98.5 Å². The second-order valence-electron chi connectivity index (χ2n) is 4.19. The molecule has 0 saturated carbocycles. The molecule has 3 N–H and O–H groups in total. The van der Waals surface area contributed by atoms with Crippen molar-refractivity contribution in [3.8, 4) is 0 Å². The first-order chi connectivity index (χ1) is 8.40. The highest BCUT2D eigenvalue weighted by atomic mass is 32.2. The summed E-state index contributed by atoms with van der Waals surface area (Å²) in [6.07, 6.45) is 0. The highest BCUT2D eigenvalue weighted by Crippen LogP contribution is 2.14. The van der Waals surface area contributed by atoms with Crippen molar-refractivity contribution in [2.45, 2.75) is 23.9 Å². The lowest BCUT2D eigenvalue weighted by atomic mass is 10.0. The van der Waals surface area contributed by atoms with Gasteiger partial charge in [-0.05, 0) is 19.1 Å². The van der Waals surface area contributed by atoms with Gasteiger partial charge in [-0.25, -0.2) is 0 Å². The maximum atomic E-state index is 11.8. The van der Waals surface area contributed by atoms with Gasteiger partial charge in [0, 0.05) is 0 Å². The van der Waals surface area contributed by atoms with Gasteiger partial charge in [0.05, 0.1) is 17.5 Å². The number of hydrogen-bond donors (Lipinski definition) is 2. The van der Waals surface area contributed by atoms with E-state index in [-0.39, 0.29) is 17.4 Å². The van der Waals surface area contributed by atoms with Crippen LogP contribution in [0, 0.1) is 6.92 Å². The van der Waals surface area contributed by atoms with Crippen molar-refractivity contribution < 1.29 is 17.4 Å². The monoisotopic (exact) mass is 270 g/mol. The molecule has 1 heterocycles. The fraction of sp³-hybridized carbons (Fsp3) is 0.364. The summed E-state index contributed by atoms with van der Waals surface area (Å²) in [4.78, 5) is 10.9. The first-order valence-corrected chi connectivity index (χ1v) is 6.83. The summed E-state index contributed by atoms with van der Waals surface area (Å²) < 4.78 is 28.5. The van der Waals surface area contributed by atoms with Crippen LogP contribution in [-0.4, -0.2) is 33.0 Å². The molecule has 98 valence electrons. The average Bonchev–Trinajstić information content (AvgIpc) is 2.34. The van der Waals surface area contributed by atoms with E-state index in [2.05, 4.69) is 5.32 Å². The summed E-state index contributed by atoms with van der Waals surface area (Å²) in [5, 5.41) is 2.47. The number of amides is 1. The van der Waals surface area contributed by atoms with Crippen LogP contribution in [0.3, 0.4) is 0 Å². The SMILES string of the molecule is Cc1ccc(S(=O)(=O)OC[C@@H]2NC(=O)[C@@H]2N)cc1. The lowest BCUT2D eigenvalue weighted by molar-refractivity contribution is -0.131. The highest BCUT2D eigenvalue weighted by Gasteiger charge is 2.37. The predicted octanol–water partition coefficient (Wildman–Crippen LogP) is -0.474. The molecule has 1 amide bonds. The third-order valence-electron chi connectivity index (χ3n) is 2.78. The number of β-lactam (4-membered cyclic amide) rings is 1. The minimum atomic E-state index is -3.80. The Morgan fingerprint density at radius 1 is 1.33 bits per heavy atom. The molecule has 1 aliphatic rings. The number of nitrogens with one attached hydrogen (secondary N) is 1. The van der Waals surface area contributed by atoms with Crippen molar-refractivity contribution in [1.82, 2.24) is 5.32 Å². The van der Waals surface area contributed by atoms with Gasteiger partial charge in [-0.1, -0.05) is 17.7 Å². The van der Waals surface area contributed by atoms with Crippen molar-refractivity contribution >= 4 is 16.0 Å². The fourth-order valence-electron chi connectivity index (χ4n) is 1.54. The van der Waals surface area contributed by atoms with Crippen LogP contribution in [0.1, 0.15) is 5.56 Å². The van der Waals surface area contributed by atoms with Crippen LogP contribution in [0.4, 0.5) is 0 Å². The quantitative estimate of drug-likeness (QED) is 0.569. The molecule has 0 spiro atoms. The van der Waals surface area contributed by atoms with Gasteiger partial charge in [0.15, 0.2) is 0 Å². The van der Waals surface area contributed by atoms with Crippen LogP contribution in [0.5, 0.6) is 0 Å². The second kappa shape index (κ2) is 4.68. The Morgan fingerprint density at radius 2 is 1.94 bits per heavy atom. The minimum absolute atomic E-state index is 0.0901. The lowest BCUT2D eigenvalue weighted by Gasteiger charge is -2.33. The molecule has 1 aliphatic heterocycles. The van der Waals surface area contributed by atoms with Gasteiger partial charge in [-0.2, -0.15) is 8.42 Å². The van der Waals surface area contributed by atoms with Gasteiger partial charge < -0.3 is 11.1 Å². The first kappa shape index (κ1) is 13.0. The van der Waals surface area contributed by atoms with E-state index in [9.17, 15) is 13.2 Å². The molecule has 1 saturated heterocycles. The van der Waals surface area contributed by atoms with Gasteiger partial charge in [0.2, 0.25) is 5.91 Å². The molecule has 1 aromatic rings. The van der Waals surface area contributed by atoms with Gasteiger partial charge in [0.1, 0.15) is 6.04 Å². The molecule has 2 rings (SSSR count). The third kappa shape index (κ3) is 2.53. The zero-order chi connectivity index (χ0) is 13.3. The normalized spacial score (nSPS) is 23.3. The number of carbonyl (C=O) groups excluding carboxylic acids is 1. The van der Waals surface area contributed by atoms with Crippen LogP contribution < -0.4 is 11.1 Å². The van der Waals surface area contributed by atoms with Crippen molar-refractivity contribution in [2.75, 3.05) is 6.61 Å². The minimum Gasteiger partial charge on any atom is -0.347 e. The standard InChI is InChI=1S/C11H14N2O4S/c1-7-2-4-8(5-3-7)18(15,16)17-6-9-10(12)11(14)13-9/h2-5,9-10H,6,12H2,1H3,(H,13,14)/t9-,10+/m0/s1. The van der Waals surface area contributed by atoms with Crippen LogP contribution in [0.25, 0.3) is 0 Å². The molecule has 0 unspecified atom stereocenters. The van der Waals surface area contributed by atoms with Crippen LogP contribution in [0.15, 0.2) is 29.2 Å². The second-order valence-corrected chi connectivity index (χ2v) is 5.81. The number of hydrogen-bond acceptors (Lipinski definition) is 5. The van der Waals surface area contributed by atoms with Crippen molar-refractivity contribution in [1.29, 1.82) is 0 Å². The van der Waals surface area contributed by atoms with Gasteiger partial charge in [0.25, 0.3) is 10.1 Å². The maximum Gasteiger partial charge on any atom is 0.297 e. The lowest BCUT2D eigenvalue weighted by Crippen LogP contribution is -2.68. The Balaban J connectivity index is 2.00. The zero-order valence-corrected chi connectivity index (χ0v) is 10.6. The Kier molecular flexibility index (Phi) is 3.38. The summed E-state index contributed by atoms with van der Waals surface area (Å²) >= 11 is 0. The molecule has 0 radical (unpaired) electrons. The number of aryl methyl sites for hydroxylation is 1. The Labute approximate surface area is 105 Å². The molecule has 18 heavy (non-hydrogen) atoms. The van der Waals surface area contributed by atoms with E-state index in [0.717, 1.165) is 5.56 Å². The summed E-state index contributed by atoms with van der Waals surface area (Å²) in [5.41, 5.74) is 6.43. The van der Waals surface area contributed by atoms with Gasteiger partial charge in [-0.15, -0.1) is 0 Å². The smallest absolute Gasteiger partial charge is 0.297 e. The fourth-order valence-corrected chi connectivity index (χ4v) is 2.47. The van der Waals surface area contributed by atoms with E-state index in [4.69, 9.17) is 9.92 Å². The molecule has 0 aliphatic carbocycles. The van der Waals surface area contributed by atoms with Crippen molar-refractivity contribution in [3.05, 3.63) is 29.8 Å². The average molecular weight is 270 g/mol. The van der Waals surface area contributed by atoms with E-state index >= 15 is 0 Å². The molecule has 6 nitrogen and oxygen atoms in total. The van der Waals surface area contributed by atoms with Gasteiger partial charge in [-0.3, -0.25) is 8.98 Å². The van der Waals surface area contributed by atoms with E-state index in [1.807, 2.05) is 6.92 Å². The maximum absolute atomic E-state index is 11.8. The largest absolute Gasteiger partial charge is 0.347 e. The molecule has 7 heteroatoms. The summed E-state index contributed by atoms with van der Waals surface area (Å²) in [5.74, 6) is -0.295. The summed E-state index contributed by atoms with van der Waals surface area (Å²) in [6.45, 7) is 1.71. The Hall–Kier alpha value is -1.44. The predicted molar refractivity (Wildman–Crippen MR) is 64.2 cm³/mol. The Morgan fingerprint density at radius 3 is 2.44 bits per heavy atom. The zero-order valence-electron chi connectivity index (χ0n) is 9.79. The van der Waals surface area contributed by atoms with Crippen molar-refractivity contribution in [3.63, 3.8) is 0 Å². The molecule has 1 aromatic carbocycles. The summed E-state index contributed by atoms with van der Waals surface area (Å²) in [6, 6.07) is 5.18. The Bertz CT molecular complexity index is 553. The van der Waals surface area contributed by atoms with Gasteiger partial charge >= 0.3 is 0 Å². The number of benzene rings is 1. The molecule has 1 fully saturated rings. The molecular weight excluding hydrogens is 256 g/mol. The molecule has 2 atom stereocenters. The molecular formula is C11H14N2O4S. The summed E-state index contributed by atoms with van der Waals surface area (Å²) in [7, 11) is -3.80. The molecule has 0 aromatic heterocycles. The van der Waals surface area contributed by atoms with E-state index in [1.165, 1.54) is 12.1 Å². The number of carbonyl (C=O) groups is 1. The van der Waals surface area contributed by atoms with Crippen LogP contribution >= 0.6 is 0 Å². The molecule has 0 bridgehead atoms. The van der Waals surface area contributed by atoms with E-state index in [0.29, 0.717) is 0 Å². The van der Waals surface area contributed by atoms with E-state index < -0.39 is 22.2 Å². The van der Waals surface area contributed by atoms with Crippen LogP contribution in [-0.2, 0) is 19.1 Å². The third-order valence-corrected chi connectivity index (χ3v) is 4.07. The number of nitrogens with two attached hydrogens (primary N) is 1. The van der Waals surface area contributed by atoms with E-state index in [1.54, 1.807) is 12.1 Å². The first-order valence-electron chi connectivity index (χ1n) is 5.42. The van der Waals surface area contributed by atoms with Crippen molar-refractivity contribution in [2.24, 2.45) is 5.73 Å². The highest BCUT2D eigenvalue weighted by molar-refractivity contribution is 7.86. The van der Waals surface area contributed by atoms with Crippen LogP contribution in [0.2, 0.25) is 0 Å².